The normalized spacial score (nSPS) is 24.2. The summed E-state index contributed by atoms with van der Waals surface area (Å²) in [5, 5.41) is 0. The smallest absolute Gasteiger partial charge is 0.253 e. The third kappa shape index (κ3) is 5.24. The van der Waals surface area contributed by atoms with Crippen molar-refractivity contribution in [1.29, 1.82) is 0 Å². The van der Waals surface area contributed by atoms with Gasteiger partial charge >= 0.3 is 0 Å². The first-order chi connectivity index (χ1) is 17.2. The van der Waals surface area contributed by atoms with Crippen LogP contribution in [0.25, 0.3) is 0 Å². The Hall–Kier alpha value is -2.43. The number of carbonyl (C=O) groups excluding carboxylic acids is 1. The van der Waals surface area contributed by atoms with E-state index >= 15 is 0 Å². The third-order valence-corrected chi connectivity index (χ3v) is 8.46. The topological polar surface area (TPSA) is 26.8 Å². The van der Waals surface area contributed by atoms with Crippen molar-refractivity contribution in [2.24, 2.45) is 0 Å². The Labute approximate surface area is 211 Å². The maximum atomic E-state index is 13.1. The minimum absolute atomic E-state index is 0.188. The molecule has 3 fully saturated rings. The number of aryl methyl sites for hydroxylation is 1. The first-order valence-electron chi connectivity index (χ1n) is 13.8. The molecule has 1 amide bonds. The van der Waals surface area contributed by atoms with Gasteiger partial charge in [0.05, 0.1) is 6.04 Å². The number of hydrogen-bond donors (Lipinski definition) is 0. The van der Waals surface area contributed by atoms with Gasteiger partial charge in [-0.3, -0.25) is 14.6 Å². The summed E-state index contributed by atoms with van der Waals surface area (Å²) in [5.41, 5.74) is 4.87. The molecular formula is C31H41N3O. The first-order valence-corrected chi connectivity index (χ1v) is 13.8. The van der Waals surface area contributed by atoms with E-state index in [4.69, 9.17) is 0 Å². The fourth-order valence-electron chi connectivity index (χ4n) is 6.56. The predicted octanol–water partition coefficient (Wildman–Crippen LogP) is 5.69. The van der Waals surface area contributed by atoms with E-state index in [9.17, 15) is 4.79 Å². The Balaban J connectivity index is 1.44. The molecule has 3 saturated heterocycles. The zero-order chi connectivity index (χ0) is 24.2. The maximum Gasteiger partial charge on any atom is 0.253 e. The van der Waals surface area contributed by atoms with Crippen LogP contribution < -0.4 is 0 Å². The predicted molar refractivity (Wildman–Crippen MR) is 144 cm³/mol. The van der Waals surface area contributed by atoms with Crippen LogP contribution in [-0.4, -0.2) is 65.4 Å². The molecule has 5 rings (SSSR count). The van der Waals surface area contributed by atoms with Crippen molar-refractivity contribution in [2.45, 2.75) is 70.0 Å². The van der Waals surface area contributed by atoms with Gasteiger partial charge in [0.2, 0.25) is 0 Å². The van der Waals surface area contributed by atoms with Crippen molar-refractivity contribution in [1.82, 2.24) is 14.7 Å². The maximum absolute atomic E-state index is 13.1. The number of hydrogen-bond acceptors (Lipinski definition) is 3. The van der Waals surface area contributed by atoms with Gasteiger partial charge in [-0.15, -0.1) is 6.58 Å². The van der Waals surface area contributed by atoms with Gasteiger partial charge in [-0.25, -0.2) is 0 Å². The summed E-state index contributed by atoms with van der Waals surface area (Å²) in [6, 6.07) is 19.2. The Morgan fingerprint density at radius 1 is 0.971 bits per heavy atom. The molecule has 2 aromatic carbocycles. The lowest BCUT2D eigenvalue weighted by molar-refractivity contribution is 0.0724. The lowest BCUT2D eigenvalue weighted by Crippen LogP contribution is -2.40. The number of amides is 1. The van der Waals surface area contributed by atoms with Crippen molar-refractivity contribution in [3.8, 4) is 0 Å². The number of benzene rings is 2. The molecule has 0 aliphatic carbocycles. The number of likely N-dealkylation sites (tertiary alicyclic amines) is 2. The summed E-state index contributed by atoms with van der Waals surface area (Å²) in [4.78, 5) is 20.5. The van der Waals surface area contributed by atoms with E-state index in [1.807, 2.05) is 4.90 Å². The van der Waals surface area contributed by atoms with Crippen LogP contribution in [0.2, 0.25) is 0 Å². The molecule has 3 unspecified atom stereocenters. The monoisotopic (exact) mass is 471 g/mol. The van der Waals surface area contributed by atoms with Gasteiger partial charge in [-0.2, -0.15) is 0 Å². The van der Waals surface area contributed by atoms with Crippen LogP contribution in [0.1, 0.15) is 78.5 Å². The fraction of sp³-hybridized carbons (Fsp3) is 0.516. The van der Waals surface area contributed by atoms with E-state index in [1.165, 1.54) is 42.4 Å². The van der Waals surface area contributed by atoms with Crippen LogP contribution in [-0.2, 0) is 6.42 Å². The number of rotatable bonds is 7. The van der Waals surface area contributed by atoms with Gasteiger partial charge in [0.25, 0.3) is 5.91 Å². The number of carbonyl (C=O) groups is 1. The van der Waals surface area contributed by atoms with Crippen LogP contribution in [0.15, 0.2) is 61.2 Å². The van der Waals surface area contributed by atoms with Gasteiger partial charge in [-0.1, -0.05) is 49.4 Å². The minimum Gasteiger partial charge on any atom is -0.339 e. The lowest BCUT2D eigenvalue weighted by Gasteiger charge is -2.35. The molecule has 0 saturated carbocycles. The third-order valence-electron chi connectivity index (χ3n) is 8.46. The average Bonchev–Trinajstić information content (AvgIpc) is 3.19. The quantitative estimate of drug-likeness (QED) is 0.486. The van der Waals surface area contributed by atoms with Crippen molar-refractivity contribution in [2.75, 3.05) is 32.7 Å². The van der Waals surface area contributed by atoms with Gasteiger partial charge in [-0.05, 0) is 73.8 Å². The van der Waals surface area contributed by atoms with E-state index in [-0.39, 0.29) is 11.9 Å². The van der Waals surface area contributed by atoms with Crippen LogP contribution >= 0.6 is 0 Å². The first kappa shape index (κ1) is 24.3. The van der Waals surface area contributed by atoms with Crippen molar-refractivity contribution >= 4 is 5.91 Å². The second-order valence-electron chi connectivity index (χ2n) is 10.6. The summed E-state index contributed by atoms with van der Waals surface area (Å²) < 4.78 is 0. The second-order valence-corrected chi connectivity index (χ2v) is 10.6. The number of piperidine rings is 1. The van der Waals surface area contributed by atoms with Crippen LogP contribution in [0.5, 0.6) is 0 Å². The highest BCUT2D eigenvalue weighted by Gasteiger charge is 2.38. The summed E-state index contributed by atoms with van der Waals surface area (Å²) in [6.07, 6.45) is 10.4. The molecule has 0 spiro atoms. The fourth-order valence-corrected chi connectivity index (χ4v) is 6.56. The highest BCUT2D eigenvalue weighted by atomic mass is 16.2. The molecule has 3 heterocycles. The molecule has 186 valence electrons. The molecule has 2 bridgehead atoms. The molecule has 0 aromatic heterocycles. The Kier molecular flexibility index (Phi) is 7.69. The summed E-state index contributed by atoms with van der Waals surface area (Å²) >= 11 is 0. The standard InChI is InChI=1S/C31H41N3O/c1-3-18-34-28-15-16-29(34)23-33(21-17-28)30(27-10-8-9-24(4-2)22-27)25-11-13-26(14-12-25)31(35)32-19-6-5-7-20-32/h3,8-14,22,28-30H,1,4-7,15-21,23H2,2H3. The largest absolute Gasteiger partial charge is 0.339 e. The molecule has 3 aliphatic heterocycles. The van der Waals surface area contributed by atoms with Crippen LogP contribution in [0.3, 0.4) is 0 Å². The lowest BCUT2D eigenvalue weighted by atomic mass is 9.93. The van der Waals surface area contributed by atoms with E-state index in [1.54, 1.807) is 0 Å². The zero-order valence-electron chi connectivity index (χ0n) is 21.4. The van der Waals surface area contributed by atoms with E-state index < -0.39 is 0 Å². The SMILES string of the molecule is C=CCN1C2CCC1CN(C(c1ccc(C(=O)N3CCCCC3)cc1)c1cccc(CC)c1)CC2. The minimum atomic E-state index is 0.188. The van der Waals surface area contributed by atoms with Crippen molar-refractivity contribution in [3.63, 3.8) is 0 Å². The van der Waals surface area contributed by atoms with Crippen LogP contribution in [0.4, 0.5) is 0 Å². The summed E-state index contributed by atoms with van der Waals surface area (Å²) in [5.74, 6) is 0.188. The molecule has 0 N–H and O–H groups in total. The molecule has 35 heavy (non-hydrogen) atoms. The second kappa shape index (κ2) is 11.1. The Morgan fingerprint density at radius 2 is 1.74 bits per heavy atom. The molecule has 0 radical (unpaired) electrons. The number of fused-ring (bicyclic) bond motifs is 2. The van der Waals surface area contributed by atoms with E-state index in [0.29, 0.717) is 12.1 Å². The molecule has 2 aromatic rings. The Bertz CT molecular complexity index is 1010. The van der Waals surface area contributed by atoms with Crippen LogP contribution in [0, 0.1) is 0 Å². The van der Waals surface area contributed by atoms with Crippen molar-refractivity contribution < 1.29 is 4.79 Å². The molecule has 4 nitrogen and oxygen atoms in total. The van der Waals surface area contributed by atoms with Gasteiger partial charge in [0, 0.05) is 50.4 Å². The van der Waals surface area contributed by atoms with E-state index in [0.717, 1.165) is 57.5 Å². The average molecular weight is 472 g/mol. The molecular weight excluding hydrogens is 430 g/mol. The summed E-state index contributed by atoms with van der Waals surface area (Å²) in [7, 11) is 0. The van der Waals surface area contributed by atoms with Gasteiger partial charge < -0.3 is 4.90 Å². The Morgan fingerprint density at radius 3 is 2.49 bits per heavy atom. The highest BCUT2D eigenvalue weighted by Crippen LogP contribution is 2.36. The van der Waals surface area contributed by atoms with Gasteiger partial charge in [0.1, 0.15) is 0 Å². The highest BCUT2D eigenvalue weighted by molar-refractivity contribution is 5.94. The van der Waals surface area contributed by atoms with Crippen molar-refractivity contribution in [3.05, 3.63) is 83.4 Å². The molecule has 3 atom stereocenters. The molecule has 3 aliphatic rings. The molecule has 4 heteroatoms. The van der Waals surface area contributed by atoms with E-state index in [2.05, 4.69) is 77.9 Å². The number of nitrogens with zero attached hydrogens (tertiary/aromatic N) is 3. The summed E-state index contributed by atoms with van der Waals surface area (Å²) in [6.45, 7) is 11.2. The zero-order valence-corrected chi connectivity index (χ0v) is 21.4. The van der Waals surface area contributed by atoms with Gasteiger partial charge in [0.15, 0.2) is 0 Å².